The normalized spacial score (nSPS) is 19.5. The Balaban J connectivity index is 1.63. The van der Waals surface area contributed by atoms with Crippen molar-refractivity contribution < 1.29 is 13.2 Å². The molecule has 132 valence electrons. The monoisotopic (exact) mass is 349 g/mol. The topological polar surface area (TPSA) is 55.4 Å². The van der Waals surface area contributed by atoms with Crippen LogP contribution in [0.25, 0.3) is 0 Å². The van der Waals surface area contributed by atoms with Crippen molar-refractivity contribution in [3.63, 3.8) is 0 Å². The fraction of sp³-hybridized carbons (Fsp3) is 0.579. The molecular weight excluding hydrogens is 322 g/mol. The number of nitrogens with one attached hydrogen (secondary N) is 1. The molecule has 4 nitrogen and oxygen atoms in total. The van der Waals surface area contributed by atoms with E-state index in [4.69, 9.17) is 4.74 Å². The second-order valence-electron chi connectivity index (χ2n) is 7.01. The van der Waals surface area contributed by atoms with Crippen LogP contribution in [-0.4, -0.2) is 20.8 Å². The van der Waals surface area contributed by atoms with Crippen molar-refractivity contribution in [2.45, 2.75) is 51.0 Å². The van der Waals surface area contributed by atoms with E-state index in [0.29, 0.717) is 5.92 Å². The van der Waals surface area contributed by atoms with Crippen LogP contribution in [0.1, 0.15) is 51.0 Å². The van der Waals surface area contributed by atoms with Crippen LogP contribution in [-0.2, 0) is 15.6 Å². The smallest absolute Gasteiger partial charge is 0.215 e. The Morgan fingerprint density at radius 2 is 2.08 bits per heavy atom. The Morgan fingerprint density at radius 3 is 2.75 bits per heavy atom. The number of benzene rings is 1. The molecule has 1 aromatic rings. The van der Waals surface area contributed by atoms with Crippen LogP contribution in [0.2, 0.25) is 0 Å². The number of unbranched alkanes of at least 4 members (excludes halogenated alkanes) is 1. The first-order valence-electron chi connectivity index (χ1n) is 8.93. The molecule has 0 amide bonds. The van der Waals surface area contributed by atoms with Gasteiger partial charge in [0, 0.05) is 0 Å². The molecule has 2 saturated carbocycles. The summed E-state index contributed by atoms with van der Waals surface area (Å²) in [5.41, 5.74) is 0.577. The van der Waals surface area contributed by atoms with Gasteiger partial charge in [-0.3, -0.25) is 0 Å². The number of allylic oxidation sites excluding steroid dienone is 1. The SMILES string of the molecule is CCC/C=C/CS(=O)(=O)NC1(c2cccc(OCC3CC3)c2)CC1. The minimum Gasteiger partial charge on any atom is -0.493 e. The Labute approximate surface area is 145 Å². The van der Waals surface area contributed by atoms with E-state index < -0.39 is 15.6 Å². The lowest BCUT2D eigenvalue weighted by molar-refractivity contribution is 0.299. The molecule has 0 aliphatic heterocycles. The average Bonchev–Trinajstić information content (AvgIpc) is 3.46. The zero-order chi connectivity index (χ0) is 17.0. The summed E-state index contributed by atoms with van der Waals surface area (Å²) in [7, 11) is -3.31. The van der Waals surface area contributed by atoms with Gasteiger partial charge in [0.1, 0.15) is 5.75 Å². The Bertz CT molecular complexity index is 688. The highest BCUT2D eigenvalue weighted by Gasteiger charge is 2.47. The molecule has 5 heteroatoms. The second-order valence-corrected chi connectivity index (χ2v) is 8.77. The lowest BCUT2D eigenvalue weighted by atomic mass is 10.1. The zero-order valence-corrected chi connectivity index (χ0v) is 15.1. The molecule has 2 aliphatic carbocycles. The van der Waals surface area contributed by atoms with Gasteiger partial charge in [-0.15, -0.1) is 0 Å². The van der Waals surface area contributed by atoms with Gasteiger partial charge in [-0.2, -0.15) is 0 Å². The van der Waals surface area contributed by atoms with E-state index in [1.807, 2.05) is 30.3 Å². The van der Waals surface area contributed by atoms with Gasteiger partial charge in [0.15, 0.2) is 0 Å². The van der Waals surface area contributed by atoms with Gasteiger partial charge in [-0.05, 0) is 55.7 Å². The molecule has 2 fully saturated rings. The second kappa shape index (κ2) is 7.28. The van der Waals surface area contributed by atoms with E-state index in [1.165, 1.54) is 12.8 Å². The maximum absolute atomic E-state index is 12.3. The van der Waals surface area contributed by atoms with Crippen LogP contribution in [0, 0.1) is 5.92 Å². The molecule has 0 bridgehead atoms. The molecular formula is C19H27NO3S. The number of rotatable bonds is 10. The summed E-state index contributed by atoms with van der Waals surface area (Å²) in [5, 5.41) is 0. The molecule has 2 aliphatic rings. The molecule has 24 heavy (non-hydrogen) atoms. The predicted molar refractivity (Wildman–Crippen MR) is 96.5 cm³/mol. The lowest BCUT2D eigenvalue weighted by Gasteiger charge is -2.18. The Kier molecular flexibility index (Phi) is 5.30. The summed E-state index contributed by atoms with van der Waals surface area (Å²) in [5.74, 6) is 1.59. The van der Waals surface area contributed by atoms with Gasteiger partial charge in [-0.25, -0.2) is 13.1 Å². The van der Waals surface area contributed by atoms with Crippen LogP contribution in [0.4, 0.5) is 0 Å². The van der Waals surface area contributed by atoms with Crippen molar-refractivity contribution >= 4 is 10.0 Å². The van der Waals surface area contributed by atoms with Gasteiger partial charge in [0.25, 0.3) is 0 Å². The summed E-state index contributed by atoms with van der Waals surface area (Å²) in [6.45, 7) is 2.85. The standard InChI is InChI=1S/C19H27NO3S/c1-2-3-4-5-13-24(21,22)20-19(11-12-19)17-7-6-8-18(14-17)23-15-16-9-10-16/h4-8,14,16,20H,2-3,9-13,15H2,1H3/b5-4+. The van der Waals surface area contributed by atoms with E-state index in [-0.39, 0.29) is 5.75 Å². The molecule has 0 unspecified atom stereocenters. The third-order valence-corrected chi connectivity index (χ3v) is 5.94. The maximum Gasteiger partial charge on any atom is 0.215 e. The molecule has 0 saturated heterocycles. The van der Waals surface area contributed by atoms with Crippen LogP contribution in [0.5, 0.6) is 5.75 Å². The first kappa shape index (κ1) is 17.5. The van der Waals surface area contributed by atoms with Crippen molar-refractivity contribution in [2.75, 3.05) is 12.4 Å². The summed E-state index contributed by atoms with van der Waals surface area (Å²) in [6, 6.07) is 7.88. The first-order chi connectivity index (χ1) is 11.5. The van der Waals surface area contributed by atoms with Gasteiger partial charge in [0.2, 0.25) is 10.0 Å². The molecule has 0 spiro atoms. The van der Waals surface area contributed by atoms with Crippen LogP contribution >= 0.6 is 0 Å². The molecule has 0 heterocycles. The Hall–Kier alpha value is -1.33. The largest absolute Gasteiger partial charge is 0.493 e. The minimum atomic E-state index is -3.31. The van der Waals surface area contributed by atoms with Crippen molar-refractivity contribution in [3.05, 3.63) is 42.0 Å². The Morgan fingerprint density at radius 1 is 1.29 bits per heavy atom. The van der Waals surface area contributed by atoms with Gasteiger partial charge in [0.05, 0.1) is 17.9 Å². The number of hydrogen-bond acceptors (Lipinski definition) is 3. The van der Waals surface area contributed by atoms with Crippen LogP contribution in [0.3, 0.4) is 0 Å². The number of hydrogen-bond donors (Lipinski definition) is 1. The highest BCUT2D eigenvalue weighted by molar-refractivity contribution is 7.89. The van der Waals surface area contributed by atoms with Gasteiger partial charge < -0.3 is 4.74 Å². The highest BCUT2D eigenvalue weighted by Crippen LogP contribution is 2.47. The van der Waals surface area contributed by atoms with Crippen LogP contribution in [0.15, 0.2) is 36.4 Å². The molecule has 3 rings (SSSR count). The third kappa shape index (κ3) is 4.84. The molecule has 0 atom stereocenters. The minimum absolute atomic E-state index is 0.0482. The molecule has 0 radical (unpaired) electrons. The van der Waals surface area contributed by atoms with Gasteiger partial charge in [-0.1, -0.05) is 37.6 Å². The van der Waals surface area contributed by atoms with E-state index in [1.54, 1.807) is 6.08 Å². The van der Waals surface area contributed by atoms with Crippen molar-refractivity contribution in [3.8, 4) is 5.75 Å². The third-order valence-electron chi connectivity index (χ3n) is 4.61. The molecule has 0 aromatic heterocycles. The van der Waals surface area contributed by atoms with E-state index in [0.717, 1.165) is 43.6 Å². The maximum atomic E-state index is 12.3. The van der Waals surface area contributed by atoms with Crippen molar-refractivity contribution in [1.29, 1.82) is 0 Å². The summed E-state index contributed by atoms with van der Waals surface area (Å²) >= 11 is 0. The lowest BCUT2D eigenvalue weighted by Crippen LogP contribution is -2.36. The van der Waals surface area contributed by atoms with Crippen LogP contribution < -0.4 is 9.46 Å². The summed E-state index contributed by atoms with van der Waals surface area (Å²) < 4.78 is 33.4. The predicted octanol–water partition coefficient (Wildman–Crippen LogP) is 3.74. The highest BCUT2D eigenvalue weighted by atomic mass is 32.2. The fourth-order valence-corrected chi connectivity index (χ4v) is 4.17. The van der Waals surface area contributed by atoms with Crippen molar-refractivity contribution in [2.24, 2.45) is 5.92 Å². The summed E-state index contributed by atoms with van der Waals surface area (Å²) in [6.07, 6.45) is 9.84. The van der Waals surface area contributed by atoms with Crippen molar-refractivity contribution in [1.82, 2.24) is 4.72 Å². The van der Waals surface area contributed by atoms with E-state index in [9.17, 15) is 8.42 Å². The van der Waals surface area contributed by atoms with E-state index in [2.05, 4.69) is 11.6 Å². The number of sulfonamides is 1. The molecule has 1 aromatic carbocycles. The molecule has 1 N–H and O–H groups in total. The first-order valence-corrected chi connectivity index (χ1v) is 10.6. The zero-order valence-electron chi connectivity index (χ0n) is 14.3. The quantitative estimate of drug-likeness (QED) is 0.655. The average molecular weight is 349 g/mol. The van der Waals surface area contributed by atoms with E-state index >= 15 is 0 Å². The summed E-state index contributed by atoms with van der Waals surface area (Å²) in [4.78, 5) is 0. The fourth-order valence-electron chi connectivity index (χ4n) is 2.78. The van der Waals surface area contributed by atoms with Gasteiger partial charge >= 0.3 is 0 Å². The number of ether oxygens (including phenoxy) is 1.